The second kappa shape index (κ2) is 9.43. The van der Waals surface area contributed by atoms with Crippen molar-refractivity contribution in [1.82, 2.24) is 10.3 Å². The third kappa shape index (κ3) is 4.86. The number of carbonyl (C=O) groups is 1. The number of amides is 1. The molecule has 1 amide bonds. The predicted octanol–water partition coefficient (Wildman–Crippen LogP) is 3.42. The Kier molecular flexibility index (Phi) is 6.72. The number of nitrogens with zero attached hydrogens (tertiary/aromatic N) is 2. The Balaban J connectivity index is 1.74. The summed E-state index contributed by atoms with van der Waals surface area (Å²) in [5, 5.41) is 4.27. The lowest BCUT2D eigenvalue weighted by Gasteiger charge is -2.20. The molecule has 2 aromatic carbocycles. The molecule has 7 nitrogen and oxygen atoms in total. The van der Waals surface area contributed by atoms with Crippen LogP contribution in [0.1, 0.15) is 42.3 Å². The maximum Gasteiger partial charge on any atom is 0.271 e. The number of methoxy groups -OCH3 is 1. The summed E-state index contributed by atoms with van der Waals surface area (Å²) in [6, 6.07) is 11.0. The first-order valence-electron chi connectivity index (χ1n) is 9.69. The second-order valence-corrected chi connectivity index (χ2v) is 6.69. The molecule has 0 aliphatic carbocycles. The molecule has 0 saturated carbocycles. The Bertz CT molecular complexity index is 907. The summed E-state index contributed by atoms with van der Waals surface area (Å²) in [5.41, 5.74) is 5.80. The lowest BCUT2D eigenvalue weighted by Crippen LogP contribution is -2.22. The van der Waals surface area contributed by atoms with Crippen molar-refractivity contribution in [2.45, 2.75) is 27.3 Å². The van der Waals surface area contributed by atoms with E-state index in [4.69, 9.17) is 14.2 Å². The first-order chi connectivity index (χ1) is 14.0. The van der Waals surface area contributed by atoms with Gasteiger partial charge in [-0.15, -0.1) is 0 Å². The third-order valence-corrected chi connectivity index (χ3v) is 4.95. The minimum atomic E-state index is -0.306. The summed E-state index contributed by atoms with van der Waals surface area (Å²) < 4.78 is 16.1. The van der Waals surface area contributed by atoms with Gasteiger partial charge in [-0.25, -0.2) is 5.43 Å². The van der Waals surface area contributed by atoms with Gasteiger partial charge in [0.25, 0.3) is 5.91 Å². The van der Waals surface area contributed by atoms with E-state index in [0.717, 1.165) is 36.5 Å². The van der Waals surface area contributed by atoms with E-state index in [2.05, 4.69) is 35.3 Å². The van der Waals surface area contributed by atoms with E-state index in [1.165, 1.54) is 0 Å². The van der Waals surface area contributed by atoms with Gasteiger partial charge in [0.2, 0.25) is 6.79 Å². The van der Waals surface area contributed by atoms with Gasteiger partial charge in [0.1, 0.15) is 5.75 Å². The number of carbonyl (C=O) groups excluding carboxylic acids is 1. The van der Waals surface area contributed by atoms with Crippen molar-refractivity contribution in [3.8, 4) is 17.2 Å². The zero-order valence-corrected chi connectivity index (χ0v) is 17.3. The highest BCUT2D eigenvalue weighted by Crippen LogP contribution is 2.32. The lowest BCUT2D eigenvalue weighted by molar-refractivity contribution is 0.0954. The highest BCUT2D eigenvalue weighted by atomic mass is 16.7. The van der Waals surface area contributed by atoms with Gasteiger partial charge < -0.3 is 14.2 Å². The molecule has 1 aliphatic rings. The van der Waals surface area contributed by atoms with Crippen LogP contribution in [0.25, 0.3) is 0 Å². The Labute approximate surface area is 171 Å². The van der Waals surface area contributed by atoms with Crippen molar-refractivity contribution in [3.05, 3.63) is 53.1 Å². The molecule has 0 saturated heterocycles. The highest BCUT2D eigenvalue weighted by molar-refractivity contribution is 6.01. The molecular weight excluding hydrogens is 370 g/mol. The van der Waals surface area contributed by atoms with Crippen LogP contribution in [0.5, 0.6) is 17.2 Å². The number of fused-ring (bicyclic) bond motifs is 1. The van der Waals surface area contributed by atoms with Crippen LogP contribution in [0.3, 0.4) is 0 Å². The monoisotopic (exact) mass is 397 g/mol. The molecule has 1 N–H and O–H groups in total. The fourth-order valence-corrected chi connectivity index (χ4v) is 3.12. The number of ether oxygens (including phenoxy) is 3. The minimum Gasteiger partial charge on any atom is -0.496 e. The first kappa shape index (κ1) is 20.7. The van der Waals surface area contributed by atoms with Crippen molar-refractivity contribution in [3.63, 3.8) is 0 Å². The van der Waals surface area contributed by atoms with Crippen molar-refractivity contribution in [1.29, 1.82) is 0 Å². The molecule has 1 heterocycles. The van der Waals surface area contributed by atoms with E-state index < -0.39 is 0 Å². The quantitative estimate of drug-likeness (QED) is 0.546. The van der Waals surface area contributed by atoms with Crippen molar-refractivity contribution >= 4 is 11.6 Å². The summed E-state index contributed by atoms with van der Waals surface area (Å²) in [7, 11) is 1.67. The van der Waals surface area contributed by atoms with Crippen LogP contribution in [0.2, 0.25) is 0 Å². The molecule has 0 radical (unpaired) electrons. The molecule has 0 aromatic heterocycles. The number of rotatable bonds is 8. The molecule has 0 bridgehead atoms. The summed E-state index contributed by atoms with van der Waals surface area (Å²) in [6.45, 7) is 9.02. The maximum absolute atomic E-state index is 12.4. The predicted molar refractivity (Wildman–Crippen MR) is 112 cm³/mol. The first-order valence-corrected chi connectivity index (χ1v) is 9.69. The Morgan fingerprint density at radius 2 is 1.83 bits per heavy atom. The minimum absolute atomic E-state index is 0.172. The summed E-state index contributed by atoms with van der Waals surface area (Å²) in [4.78, 5) is 14.7. The summed E-state index contributed by atoms with van der Waals surface area (Å²) in [5.74, 6) is 1.74. The Hall–Kier alpha value is -3.06. The summed E-state index contributed by atoms with van der Waals surface area (Å²) >= 11 is 0. The molecule has 1 aliphatic heterocycles. The number of hydrazone groups is 1. The van der Waals surface area contributed by atoms with E-state index in [0.29, 0.717) is 22.8 Å². The van der Waals surface area contributed by atoms with Gasteiger partial charge in [-0.05, 0) is 62.0 Å². The Morgan fingerprint density at radius 3 is 2.55 bits per heavy atom. The molecule has 154 valence electrons. The molecule has 0 unspecified atom stereocenters. The van der Waals surface area contributed by atoms with Crippen LogP contribution in [0.4, 0.5) is 0 Å². The molecular formula is C22H27N3O4. The van der Waals surface area contributed by atoms with E-state index in [1.807, 2.05) is 19.1 Å². The fraction of sp³-hybridized carbons (Fsp3) is 0.364. The maximum atomic E-state index is 12.4. The Morgan fingerprint density at radius 1 is 1.10 bits per heavy atom. The van der Waals surface area contributed by atoms with Crippen molar-refractivity contribution in [2.75, 3.05) is 27.0 Å². The number of nitrogens with one attached hydrogen (secondary N) is 1. The summed E-state index contributed by atoms with van der Waals surface area (Å²) in [6.07, 6.45) is 0. The van der Waals surface area contributed by atoms with Crippen LogP contribution < -0.4 is 19.6 Å². The van der Waals surface area contributed by atoms with E-state index in [1.54, 1.807) is 25.3 Å². The van der Waals surface area contributed by atoms with Gasteiger partial charge in [0.05, 0.1) is 12.8 Å². The van der Waals surface area contributed by atoms with Crippen molar-refractivity contribution in [2.24, 2.45) is 5.10 Å². The topological polar surface area (TPSA) is 72.4 Å². The molecule has 3 rings (SSSR count). The SMILES string of the molecule is CCN(CC)Cc1cc(/C(C)=N\NC(=O)c2ccc3c(c2)OCO3)ccc1OC. The van der Waals surface area contributed by atoms with Crippen LogP contribution in [0, 0.1) is 0 Å². The van der Waals surface area contributed by atoms with Gasteiger partial charge in [-0.3, -0.25) is 9.69 Å². The van der Waals surface area contributed by atoms with Gasteiger partial charge in [0, 0.05) is 17.7 Å². The van der Waals surface area contributed by atoms with Gasteiger partial charge in [-0.2, -0.15) is 5.10 Å². The van der Waals surface area contributed by atoms with Crippen molar-refractivity contribution < 1.29 is 19.0 Å². The molecule has 29 heavy (non-hydrogen) atoms. The van der Waals surface area contributed by atoms with Gasteiger partial charge >= 0.3 is 0 Å². The molecule has 0 spiro atoms. The van der Waals surface area contributed by atoms with Gasteiger partial charge in [0.15, 0.2) is 11.5 Å². The van der Waals surface area contributed by atoms with Crippen LogP contribution in [-0.2, 0) is 6.54 Å². The third-order valence-electron chi connectivity index (χ3n) is 4.95. The standard InChI is InChI=1S/C22H27N3O4/c1-5-25(6-2)13-18-11-16(7-9-19(18)27-4)15(3)23-24-22(26)17-8-10-20-21(12-17)29-14-28-20/h7-12H,5-6,13-14H2,1-4H3,(H,24,26)/b23-15-. The largest absolute Gasteiger partial charge is 0.496 e. The molecule has 2 aromatic rings. The average Bonchev–Trinajstić information content (AvgIpc) is 3.23. The van der Waals surface area contributed by atoms with E-state index in [9.17, 15) is 4.79 Å². The number of hydrogen-bond donors (Lipinski definition) is 1. The molecule has 0 fully saturated rings. The normalized spacial score (nSPS) is 12.9. The zero-order chi connectivity index (χ0) is 20.8. The second-order valence-electron chi connectivity index (χ2n) is 6.69. The van der Waals surface area contributed by atoms with Crippen LogP contribution in [0.15, 0.2) is 41.5 Å². The van der Waals surface area contributed by atoms with Gasteiger partial charge in [-0.1, -0.05) is 13.8 Å². The average molecular weight is 397 g/mol. The molecule has 7 heteroatoms. The fourth-order valence-electron chi connectivity index (χ4n) is 3.12. The van der Waals surface area contributed by atoms with Crippen LogP contribution in [-0.4, -0.2) is 43.5 Å². The molecule has 0 atom stereocenters. The van der Waals surface area contributed by atoms with E-state index >= 15 is 0 Å². The smallest absolute Gasteiger partial charge is 0.271 e. The zero-order valence-electron chi connectivity index (χ0n) is 17.3. The highest BCUT2D eigenvalue weighted by Gasteiger charge is 2.16. The number of hydrogen-bond acceptors (Lipinski definition) is 6. The number of benzene rings is 2. The van der Waals surface area contributed by atoms with E-state index in [-0.39, 0.29) is 12.7 Å². The lowest BCUT2D eigenvalue weighted by atomic mass is 10.1. The van der Waals surface area contributed by atoms with Crippen LogP contribution >= 0.6 is 0 Å².